The summed E-state index contributed by atoms with van der Waals surface area (Å²) < 4.78 is 9.98. The van der Waals surface area contributed by atoms with Crippen molar-refractivity contribution in [3.8, 4) is 11.5 Å². The summed E-state index contributed by atoms with van der Waals surface area (Å²) in [5.41, 5.74) is -0.713. The average Bonchev–Trinajstić information content (AvgIpc) is 2.48. The lowest BCUT2D eigenvalue weighted by Gasteiger charge is -2.10. The predicted molar refractivity (Wildman–Crippen MR) is 81.0 cm³/mol. The van der Waals surface area contributed by atoms with Gasteiger partial charge >= 0.3 is 11.7 Å². The Labute approximate surface area is 135 Å². The summed E-state index contributed by atoms with van der Waals surface area (Å²) in [7, 11) is 1.13. The Bertz CT molecular complexity index is 748. The van der Waals surface area contributed by atoms with Crippen LogP contribution in [-0.4, -0.2) is 18.0 Å². The number of hydrogen-bond donors (Lipinski definition) is 0. The number of hydrogen-bond acceptors (Lipinski definition) is 5. The monoisotopic (exact) mass is 341 g/mol. The van der Waals surface area contributed by atoms with Crippen LogP contribution in [0.1, 0.15) is 10.4 Å². The number of methoxy groups -OCH3 is 1. The Morgan fingerprint density at radius 2 is 1.91 bits per heavy atom. The molecule has 0 saturated carbocycles. The third-order valence-electron chi connectivity index (χ3n) is 2.70. The van der Waals surface area contributed by atoms with Gasteiger partial charge in [-0.2, -0.15) is 0 Å². The second-order valence-corrected chi connectivity index (χ2v) is 4.92. The maximum atomic E-state index is 11.6. The number of esters is 1. The SMILES string of the molecule is COC(=O)c1cccc(Oc2ccc(Cl)cc2Cl)c1[N+](=O)[O-]. The third-order valence-corrected chi connectivity index (χ3v) is 3.23. The van der Waals surface area contributed by atoms with Crippen LogP contribution in [0.3, 0.4) is 0 Å². The third kappa shape index (κ3) is 3.29. The van der Waals surface area contributed by atoms with E-state index in [0.29, 0.717) is 5.02 Å². The topological polar surface area (TPSA) is 78.7 Å². The first-order chi connectivity index (χ1) is 10.4. The minimum absolute atomic E-state index is 0.128. The van der Waals surface area contributed by atoms with Crippen molar-refractivity contribution in [3.63, 3.8) is 0 Å². The molecule has 2 rings (SSSR count). The standard InChI is InChI=1S/C14H9Cl2NO5/c1-21-14(18)9-3-2-4-12(13(9)17(19)20)22-11-6-5-8(15)7-10(11)16/h2-7H,1H3. The van der Waals surface area contributed by atoms with E-state index in [9.17, 15) is 14.9 Å². The van der Waals surface area contributed by atoms with Crippen molar-refractivity contribution in [3.05, 3.63) is 62.1 Å². The first-order valence-corrected chi connectivity index (χ1v) is 6.68. The largest absolute Gasteiger partial charge is 0.465 e. The molecule has 2 aromatic carbocycles. The molecule has 0 aliphatic rings. The van der Waals surface area contributed by atoms with Gasteiger partial charge in [-0.3, -0.25) is 10.1 Å². The average molecular weight is 342 g/mol. The Balaban J connectivity index is 2.51. The number of para-hydroxylation sites is 1. The van der Waals surface area contributed by atoms with E-state index in [2.05, 4.69) is 4.74 Å². The normalized spacial score (nSPS) is 10.1. The number of ether oxygens (including phenoxy) is 2. The van der Waals surface area contributed by atoms with E-state index in [1.807, 2.05) is 0 Å². The van der Waals surface area contributed by atoms with Gasteiger partial charge in [-0.05, 0) is 30.3 Å². The summed E-state index contributed by atoms with van der Waals surface area (Å²) in [4.78, 5) is 22.2. The van der Waals surface area contributed by atoms with E-state index in [1.165, 1.54) is 36.4 Å². The predicted octanol–water partition coefficient (Wildman–Crippen LogP) is 4.48. The highest BCUT2D eigenvalue weighted by atomic mass is 35.5. The fourth-order valence-electron chi connectivity index (χ4n) is 1.74. The maximum absolute atomic E-state index is 11.6. The smallest absolute Gasteiger partial charge is 0.345 e. The van der Waals surface area contributed by atoms with E-state index in [4.69, 9.17) is 27.9 Å². The van der Waals surface area contributed by atoms with Crippen molar-refractivity contribution >= 4 is 34.9 Å². The number of nitro groups is 1. The maximum Gasteiger partial charge on any atom is 0.345 e. The number of halogens is 2. The van der Waals surface area contributed by atoms with Gasteiger partial charge in [0.1, 0.15) is 11.3 Å². The molecule has 0 saturated heterocycles. The van der Waals surface area contributed by atoms with Crippen LogP contribution in [0.2, 0.25) is 10.0 Å². The summed E-state index contributed by atoms with van der Waals surface area (Å²) in [5, 5.41) is 11.8. The number of benzene rings is 2. The molecular formula is C14H9Cl2NO5. The summed E-state index contributed by atoms with van der Waals surface area (Å²) in [6.45, 7) is 0. The molecule has 0 heterocycles. The number of nitro benzene ring substituents is 1. The molecule has 0 amide bonds. The second-order valence-electron chi connectivity index (χ2n) is 4.08. The van der Waals surface area contributed by atoms with Crippen LogP contribution in [0.25, 0.3) is 0 Å². The first kappa shape index (κ1) is 16.1. The van der Waals surface area contributed by atoms with Crippen molar-refractivity contribution in [1.29, 1.82) is 0 Å². The lowest BCUT2D eigenvalue weighted by Crippen LogP contribution is -2.06. The number of nitrogens with zero attached hydrogens (tertiary/aromatic N) is 1. The molecule has 0 bridgehead atoms. The van der Waals surface area contributed by atoms with E-state index in [1.54, 1.807) is 0 Å². The van der Waals surface area contributed by atoms with E-state index < -0.39 is 16.6 Å². The van der Waals surface area contributed by atoms with Gasteiger partial charge in [0.05, 0.1) is 17.1 Å². The molecule has 22 heavy (non-hydrogen) atoms. The molecule has 6 nitrogen and oxygen atoms in total. The molecule has 0 aromatic heterocycles. The molecule has 0 aliphatic carbocycles. The summed E-state index contributed by atoms with van der Waals surface area (Å²) in [5.74, 6) is -0.785. The molecule has 114 valence electrons. The van der Waals surface area contributed by atoms with Crippen LogP contribution in [0, 0.1) is 10.1 Å². The minimum Gasteiger partial charge on any atom is -0.465 e. The van der Waals surface area contributed by atoms with Gasteiger partial charge in [-0.25, -0.2) is 4.79 Å². The lowest BCUT2D eigenvalue weighted by atomic mass is 10.1. The summed E-state index contributed by atoms with van der Waals surface area (Å²) in [6, 6.07) is 8.51. The van der Waals surface area contributed by atoms with Crippen molar-refractivity contribution < 1.29 is 19.2 Å². The Kier molecular flexibility index (Phi) is 4.85. The van der Waals surface area contributed by atoms with Gasteiger partial charge in [0.2, 0.25) is 5.75 Å². The molecule has 0 fully saturated rings. The number of carbonyl (C=O) groups excluding carboxylic acids is 1. The van der Waals surface area contributed by atoms with Gasteiger partial charge in [-0.1, -0.05) is 29.3 Å². The van der Waals surface area contributed by atoms with Gasteiger partial charge in [0, 0.05) is 5.02 Å². The Morgan fingerprint density at radius 1 is 1.18 bits per heavy atom. The zero-order valence-corrected chi connectivity index (χ0v) is 12.7. The number of rotatable bonds is 4. The van der Waals surface area contributed by atoms with Crippen LogP contribution in [0.5, 0.6) is 11.5 Å². The summed E-state index contributed by atoms with van der Waals surface area (Å²) >= 11 is 11.7. The molecule has 0 N–H and O–H groups in total. The van der Waals surface area contributed by atoms with Crippen molar-refractivity contribution in [2.75, 3.05) is 7.11 Å². The highest BCUT2D eigenvalue weighted by molar-refractivity contribution is 6.35. The highest BCUT2D eigenvalue weighted by Gasteiger charge is 2.27. The Morgan fingerprint density at radius 3 is 2.50 bits per heavy atom. The minimum atomic E-state index is -0.834. The van der Waals surface area contributed by atoms with Gasteiger partial charge in [0.15, 0.2) is 0 Å². The molecule has 0 unspecified atom stereocenters. The first-order valence-electron chi connectivity index (χ1n) is 5.92. The van der Waals surface area contributed by atoms with Crippen LogP contribution in [0.4, 0.5) is 5.69 Å². The molecule has 0 atom stereocenters. The molecule has 2 aromatic rings. The van der Waals surface area contributed by atoms with Crippen LogP contribution >= 0.6 is 23.2 Å². The van der Waals surface area contributed by atoms with Crippen LogP contribution in [-0.2, 0) is 4.74 Å². The van der Waals surface area contributed by atoms with Crippen molar-refractivity contribution in [2.45, 2.75) is 0 Å². The molecule has 0 radical (unpaired) electrons. The van der Waals surface area contributed by atoms with E-state index in [0.717, 1.165) is 7.11 Å². The van der Waals surface area contributed by atoms with Gasteiger partial charge in [-0.15, -0.1) is 0 Å². The molecule has 0 spiro atoms. The zero-order chi connectivity index (χ0) is 16.3. The van der Waals surface area contributed by atoms with Crippen molar-refractivity contribution in [1.82, 2.24) is 0 Å². The van der Waals surface area contributed by atoms with Gasteiger partial charge < -0.3 is 9.47 Å². The Hall–Kier alpha value is -2.31. The zero-order valence-electron chi connectivity index (χ0n) is 11.2. The lowest BCUT2D eigenvalue weighted by molar-refractivity contribution is -0.386. The summed E-state index contributed by atoms with van der Waals surface area (Å²) in [6.07, 6.45) is 0. The fraction of sp³-hybridized carbons (Fsp3) is 0.0714. The van der Waals surface area contributed by atoms with Gasteiger partial charge in [0.25, 0.3) is 0 Å². The number of carbonyl (C=O) groups is 1. The fourth-order valence-corrected chi connectivity index (χ4v) is 2.19. The van der Waals surface area contributed by atoms with Crippen LogP contribution < -0.4 is 4.74 Å². The highest BCUT2D eigenvalue weighted by Crippen LogP contribution is 2.37. The van der Waals surface area contributed by atoms with Crippen molar-refractivity contribution in [2.24, 2.45) is 0 Å². The second kappa shape index (κ2) is 6.64. The molecular weight excluding hydrogens is 333 g/mol. The van der Waals surface area contributed by atoms with E-state index in [-0.39, 0.29) is 22.1 Å². The van der Waals surface area contributed by atoms with E-state index >= 15 is 0 Å². The quantitative estimate of drug-likeness (QED) is 0.465. The van der Waals surface area contributed by atoms with Crippen LogP contribution in [0.15, 0.2) is 36.4 Å². The molecule has 0 aliphatic heterocycles. The molecule has 8 heteroatoms.